The average Bonchev–Trinajstić information content (AvgIpc) is 3.02. The van der Waals surface area contributed by atoms with Crippen LogP contribution in [0.25, 0.3) is 10.4 Å². The molecule has 0 saturated carbocycles. The van der Waals surface area contributed by atoms with Crippen LogP contribution in [0, 0.1) is 5.82 Å². The molecule has 0 amide bonds. The number of rotatable bonds is 4. The van der Waals surface area contributed by atoms with Gasteiger partial charge < -0.3 is 15.2 Å². The molecule has 0 saturated heterocycles. The standard InChI is InChI=1S/C11H9FOS2.C8H11NO/c1-13-8-4-2-3-7(11(8)12)9-5-6-10(14)15-9;1-9-6-7-3-2-4-8(10)5-7/h2-6,14H,1H3;2-5,9-10H,6H2,1H3. The monoisotopic (exact) mass is 377 g/mol. The maximum atomic E-state index is 13.8. The van der Waals surface area contributed by atoms with Gasteiger partial charge in [-0.3, -0.25) is 0 Å². The number of benzene rings is 2. The van der Waals surface area contributed by atoms with Gasteiger partial charge in [0.1, 0.15) is 5.75 Å². The van der Waals surface area contributed by atoms with E-state index in [9.17, 15) is 4.39 Å². The van der Waals surface area contributed by atoms with Gasteiger partial charge in [0, 0.05) is 17.0 Å². The maximum Gasteiger partial charge on any atom is 0.173 e. The van der Waals surface area contributed by atoms with E-state index in [0.29, 0.717) is 11.3 Å². The van der Waals surface area contributed by atoms with Gasteiger partial charge >= 0.3 is 0 Å². The lowest BCUT2D eigenvalue weighted by Gasteiger charge is -2.05. The lowest BCUT2D eigenvalue weighted by molar-refractivity contribution is 0.387. The van der Waals surface area contributed by atoms with E-state index in [-0.39, 0.29) is 11.6 Å². The summed E-state index contributed by atoms with van der Waals surface area (Å²) in [5, 5.41) is 12.0. The van der Waals surface area contributed by atoms with E-state index in [2.05, 4.69) is 17.9 Å². The maximum absolute atomic E-state index is 13.8. The van der Waals surface area contributed by atoms with Crippen molar-refractivity contribution >= 4 is 24.0 Å². The van der Waals surface area contributed by atoms with Crippen LogP contribution in [0.2, 0.25) is 0 Å². The SMILES string of the molecule is CNCc1cccc(O)c1.COc1cccc(-c2ccc(S)s2)c1F. The second-order valence-corrected chi connectivity index (χ2v) is 7.03. The molecule has 0 unspecified atom stereocenters. The van der Waals surface area contributed by atoms with Crippen molar-refractivity contribution in [2.75, 3.05) is 14.2 Å². The Kier molecular flexibility index (Phi) is 7.31. The Morgan fingerprint density at radius 1 is 1.16 bits per heavy atom. The van der Waals surface area contributed by atoms with Gasteiger partial charge in [-0.1, -0.05) is 24.3 Å². The quantitative estimate of drug-likeness (QED) is 0.563. The summed E-state index contributed by atoms with van der Waals surface area (Å²) in [5.41, 5.74) is 1.65. The number of nitrogens with one attached hydrogen (secondary N) is 1. The lowest BCUT2D eigenvalue weighted by Crippen LogP contribution is -2.04. The van der Waals surface area contributed by atoms with Crippen LogP contribution >= 0.6 is 24.0 Å². The summed E-state index contributed by atoms with van der Waals surface area (Å²) in [6, 6.07) is 16.0. The number of phenolic OH excluding ortho intramolecular Hbond substituents is 1. The Morgan fingerprint density at radius 3 is 2.52 bits per heavy atom. The van der Waals surface area contributed by atoms with Crippen molar-refractivity contribution in [1.29, 1.82) is 0 Å². The highest BCUT2D eigenvalue weighted by molar-refractivity contribution is 7.83. The van der Waals surface area contributed by atoms with Crippen molar-refractivity contribution in [2.45, 2.75) is 10.8 Å². The fourth-order valence-corrected chi connectivity index (χ4v) is 3.34. The van der Waals surface area contributed by atoms with Crippen LogP contribution in [0.1, 0.15) is 5.56 Å². The zero-order valence-corrected chi connectivity index (χ0v) is 15.7. The van der Waals surface area contributed by atoms with E-state index in [1.807, 2.05) is 31.3 Å². The van der Waals surface area contributed by atoms with Crippen molar-refractivity contribution in [2.24, 2.45) is 0 Å². The summed E-state index contributed by atoms with van der Waals surface area (Å²) in [7, 11) is 3.34. The smallest absolute Gasteiger partial charge is 0.173 e. The van der Waals surface area contributed by atoms with Crippen LogP contribution in [0.3, 0.4) is 0 Å². The van der Waals surface area contributed by atoms with E-state index in [0.717, 1.165) is 21.2 Å². The van der Waals surface area contributed by atoms with E-state index >= 15 is 0 Å². The lowest BCUT2D eigenvalue weighted by atomic mass is 10.1. The summed E-state index contributed by atoms with van der Waals surface area (Å²) >= 11 is 5.65. The minimum atomic E-state index is -0.324. The van der Waals surface area contributed by atoms with Gasteiger partial charge in [-0.05, 0) is 42.9 Å². The second-order valence-electron chi connectivity index (χ2n) is 5.16. The zero-order chi connectivity index (χ0) is 18.2. The molecule has 0 aliphatic rings. The minimum Gasteiger partial charge on any atom is -0.508 e. The highest BCUT2D eigenvalue weighted by Crippen LogP contribution is 2.34. The molecule has 3 rings (SSSR count). The average molecular weight is 378 g/mol. The minimum absolute atomic E-state index is 0.265. The molecule has 1 aromatic heterocycles. The number of halogens is 1. The summed E-state index contributed by atoms with van der Waals surface area (Å²) < 4.78 is 19.6. The molecular formula is C19H20FNO2S2. The summed E-state index contributed by atoms with van der Waals surface area (Å²) in [4.78, 5) is 0.858. The van der Waals surface area contributed by atoms with Crippen LogP contribution in [0.5, 0.6) is 11.5 Å². The number of methoxy groups -OCH3 is 1. The van der Waals surface area contributed by atoms with Crippen LogP contribution in [-0.2, 0) is 6.54 Å². The molecule has 25 heavy (non-hydrogen) atoms. The van der Waals surface area contributed by atoms with Crippen molar-refractivity contribution < 1.29 is 14.2 Å². The molecule has 0 bridgehead atoms. The van der Waals surface area contributed by atoms with Crippen molar-refractivity contribution in [3.63, 3.8) is 0 Å². The number of ether oxygens (including phenoxy) is 1. The number of phenols is 1. The zero-order valence-electron chi connectivity index (χ0n) is 14.0. The van der Waals surface area contributed by atoms with Crippen LogP contribution in [-0.4, -0.2) is 19.3 Å². The Hall–Kier alpha value is -2.02. The number of thiophene rings is 1. The highest BCUT2D eigenvalue weighted by Gasteiger charge is 2.11. The Bertz CT molecular complexity index is 821. The van der Waals surface area contributed by atoms with E-state index < -0.39 is 0 Å². The molecule has 6 heteroatoms. The third kappa shape index (κ3) is 5.49. The van der Waals surface area contributed by atoms with Crippen molar-refractivity contribution in [1.82, 2.24) is 5.32 Å². The molecule has 0 fully saturated rings. The predicted molar refractivity (Wildman–Crippen MR) is 104 cm³/mol. The van der Waals surface area contributed by atoms with Gasteiger partial charge in [0.15, 0.2) is 11.6 Å². The molecular weight excluding hydrogens is 357 g/mol. The molecule has 0 aliphatic carbocycles. The third-order valence-corrected chi connectivity index (χ3v) is 4.68. The first-order valence-corrected chi connectivity index (χ1v) is 8.85. The number of aromatic hydroxyl groups is 1. The predicted octanol–water partition coefficient (Wildman–Crippen LogP) is 4.96. The number of hydrogen-bond donors (Lipinski definition) is 3. The van der Waals surface area contributed by atoms with Crippen LogP contribution < -0.4 is 10.1 Å². The molecule has 132 valence electrons. The Balaban J connectivity index is 0.000000196. The fraction of sp³-hybridized carbons (Fsp3) is 0.158. The van der Waals surface area contributed by atoms with Gasteiger partial charge in [-0.15, -0.1) is 24.0 Å². The molecule has 2 aromatic carbocycles. The number of hydrogen-bond acceptors (Lipinski definition) is 5. The molecule has 3 nitrogen and oxygen atoms in total. The molecule has 0 radical (unpaired) electrons. The molecule has 0 atom stereocenters. The first-order chi connectivity index (χ1) is 12.0. The molecule has 3 aromatic rings. The summed E-state index contributed by atoms with van der Waals surface area (Å²) in [6.45, 7) is 0.800. The van der Waals surface area contributed by atoms with Gasteiger partial charge in [0.25, 0.3) is 0 Å². The summed E-state index contributed by atoms with van der Waals surface area (Å²) in [5.74, 6) is 0.268. The first kappa shape index (κ1) is 19.3. The third-order valence-electron chi connectivity index (χ3n) is 3.33. The second kappa shape index (κ2) is 9.46. The molecule has 1 heterocycles. The molecule has 0 spiro atoms. The van der Waals surface area contributed by atoms with Crippen LogP contribution in [0.15, 0.2) is 58.8 Å². The Morgan fingerprint density at radius 2 is 1.92 bits per heavy atom. The van der Waals surface area contributed by atoms with E-state index in [1.54, 1.807) is 30.3 Å². The fourth-order valence-electron chi connectivity index (χ4n) is 2.20. The van der Waals surface area contributed by atoms with Gasteiger partial charge in [-0.25, -0.2) is 4.39 Å². The van der Waals surface area contributed by atoms with Gasteiger partial charge in [0.2, 0.25) is 0 Å². The summed E-state index contributed by atoms with van der Waals surface area (Å²) in [6.07, 6.45) is 0. The topological polar surface area (TPSA) is 41.5 Å². The largest absolute Gasteiger partial charge is 0.508 e. The van der Waals surface area contributed by atoms with E-state index in [4.69, 9.17) is 9.84 Å². The Labute approximate surface area is 156 Å². The molecule has 0 aliphatic heterocycles. The number of thiol groups is 1. The molecule has 2 N–H and O–H groups in total. The highest BCUT2D eigenvalue weighted by atomic mass is 32.2. The van der Waals surface area contributed by atoms with E-state index in [1.165, 1.54) is 18.4 Å². The first-order valence-electron chi connectivity index (χ1n) is 7.59. The van der Waals surface area contributed by atoms with Gasteiger partial charge in [0.05, 0.1) is 11.3 Å². The normalized spacial score (nSPS) is 10.1. The van der Waals surface area contributed by atoms with Crippen molar-refractivity contribution in [3.8, 4) is 21.9 Å². The van der Waals surface area contributed by atoms with Crippen molar-refractivity contribution in [3.05, 3.63) is 66.0 Å². The van der Waals surface area contributed by atoms with Crippen LogP contribution in [0.4, 0.5) is 4.39 Å². The van der Waals surface area contributed by atoms with Gasteiger partial charge in [-0.2, -0.15) is 0 Å².